The highest BCUT2D eigenvalue weighted by Gasteiger charge is 2.01. The molecular weight excluding hydrogens is 234 g/mol. The smallest absolute Gasteiger partial charge is 0.306 e. The number of nitrogens with one attached hydrogen (secondary N) is 1. The third kappa shape index (κ3) is 12.0. The Morgan fingerprint density at radius 2 is 2.12 bits per heavy atom. The molecule has 0 aliphatic carbocycles. The molecule has 0 aromatic rings. The molecule has 0 amide bonds. The van der Waals surface area contributed by atoms with Crippen molar-refractivity contribution in [3.05, 3.63) is 0 Å². The minimum Gasteiger partial charge on any atom is -0.469 e. The molecule has 0 aliphatic heterocycles. The highest BCUT2D eigenvalue weighted by Crippen LogP contribution is 2.09. The van der Waals surface area contributed by atoms with Gasteiger partial charge in [0.1, 0.15) is 0 Å². The molecule has 0 radical (unpaired) electrons. The summed E-state index contributed by atoms with van der Waals surface area (Å²) in [6, 6.07) is 0.634. The van der Waals surface area contributed by atoms with E-state index in [1.807, 2.05) is 11.8 Å². The molecule has 0 aliphatic rings. The van der Waals surface area contributed by atoms with Crippen LogP contribution in [0.4, 0.5) is 0 Å². The van der Waals surface area contributed by atoms with E-state index in [4.69, 9.17) is 0 Å². The third-order valence-electron chi connectivity index (χ3n) is 2.60. The number of hydrogen-bond acceptors (Lipinski definition) is 4. The molecule has 1 N–H and O–H groups in total. The van der Waals surface area contributed by atoms with Gasteiger partial charge in [-0.05, 0) is 38.5 Å². The van der Waals surface area contributed by atoms with Gasteiger partial charge in [-0.25, -0.2) is 0 Å². The van der Waals surface area contributed by atoms with Crippen LogP contribution in [0.1, 0.15) is 46.0 Å². The number of carbonyl (C=O) groups excluding carboxylic acids is 1. The van der Waals surface area contributed by atoms with Gasteiger partial charge < -0.3 is 10.1 Å². The van der Waals surface area contributed by atoms with E-state index in [9.17, 15) is 4.79 Å². The molecule has 0 heterocycles. The van der Waals surface area contributed by atoms with Gasteiger partial charge in [-0.2, -0.15) is 11.8 Å². The molecule has 17 heavy (non-hydrogen) atoms. The average molecular weight is 261 g/mol. The van der Waals surface area contributed by atoms with Crippen LogP contribution in [-0.2, 0) is 9.53 Å². The minimum absolute atomic E-state index is 0.102. The third-order valence-corrected chi connectivity index (χ3v) is 3.67. The Hall–Kier alpha value is -0.220. The number of unbranched alkanes of at least 4 members (excludes halogenated alkanes) is 1. The zero-order valence-corrected chi connectivity index (χ0v) is 12.3. The maximum absolute atomic E-state index is 10.8. The highest BCUT2D eigenvalue weighted by atomic mass is 32.2. The van der Waals surface area contributed by atoms with Crippen LogP contribution >= 0.6 is 11.8 Å². The normalized spacial score (nSPS) is 12.4. The van der Waals surface area contributed by atoms with Gasteiger partial charge in [0.05, 0.1) is 13.5 Å². The number of esters is 1. The summed E-state index contributed by atoms with van der Waals surface area (Å²) in [6.45, 7) is 5.56. The fourth-order valence-electron chi connectivity index (χ4n) is 1.51. The van der Waals surface area contributed by atoms with E-state index >= 15 is 0 Å². The molecule has 1 unspecified atom stereocenters. The second-order valence-electron chi connectivity index (χ2n) is 4.29. The van der Waals surface area contributed by atoms with E-state index in [2.05, 4.69) is 23.9 Å². The van der Waals surface area contributed by atoms with Crippen molar-refractivity contribution in [3.8, 4) is 0 Å². The fourth-order valence-corrected chi connectivity index (χ4v) is 2.43. The first-order valence-corrected chi connectivity index (χ1v) is 7.74. The first kappa shape index (κ1) is 16.8. The van der Waals surface area contributed by atoms with Gasteiger partial charge in [0, 0.05) is 11.8 Å². The Labute approximate surface area is 110 Å². The number of ether oxygens (including phenoxy) is 1. The van der Waals surface area contributed by atoms with Gasteiger partial charge in [-0.1, -0.05) is 13.3 Å². The number of hydrogen-bond donors (Lipinski definition) is 1. The Morgan fingerprint density at radius 1 is 1.35 bits per heavy atom. The Bertz CT molecular complexity index is 188. The van der Waals surface area contributed by atoms with Crippen LogP contribution in [-0.4, -0.2) is 37.2 Å². The number of thioether (sulfide) groups is 1. The molecule has 4 heteroatoms. The minimum atomic E-state index is -0.102. The van der Waals surface area contributed by atoms with Gasteiger partial charge in [0.2, 0.25) is 0 Å². The van der Waals surface area contributed by atoms with Crippen molar-refractivity contribution in [3.63, 3.8) is 0 Å². The summed E-state index contributed by atoms with van der Waals surface area (Å²) >= 11 is 1.85. The van der Waals surface area contributed by atoms with Gasteiger partial charge in [-0.15, -0.1) is 0 Å². The molecule has 0 saturated carbocycles. The number of carbonyl (C=O) groups is 1. The second kappa shape index (κ2) is 12.2. The van der Waals surface area contributed by atoms with E-state index in [1.165, 1.54) is 32.8 Å². The van der Waals surface area contributed by atoms with Gasteiger partial charge >= 0.3 is 5.97 Å². The zero-order valence-electron chi connectivity index (χ0n) is 11.5. The summed E-state index contributed by atoms with van der Waals surface area (Å²) in [4.78, 5) is 10.8. The standard InChI is InChI=1S/C13H27NO2S/c1-4-9-14-12(2)7-5-6-10-17-11-8-13(15)16-3/h12,14H,4-11H2,1-3H3. The van der Waals surface area contributed by atoms with Crippen LogP contribution in [0.15, 0.2) is 0 Å². The van der Waals surface area contributed by atoms with Gasteiger partial charge in [0.25, 0.3) is 0 Å². The zero-order chi connectivity index (χ0) is 12.9. The van der Waals surface area contributed by atoms with Crippen molar-refractivity contribution in [1.82, 2.24) is 5.32 Å². The van der Waals surface area contributed by atoms with Crippen molar-refractivity contribution >= 4 is 17.7 Å². The fraction of sp³-hybridized carbons (Fsp3) is 0.923. The monoisotopic (exact) mass is 261 g/mol. The summed E-state index contributed by atoms with van der Waals surface area (Å²) in [5.41, 5.74) is 0. The molecule has 0 aromatic heterocycles. The Kier molecular flexibility index (Phi) is 12.1. The average Bonchev–Trinajstić information content (AvgIpc) is 2.34. The molecule has 1 atom stereocenters. The van der Waals surface area contributed by atoms with Crippen molar-refractivity contribution in [1.29, 1.82) is 0 Å². The first-order valence-electron chi connectivity index (χ1n) is 6.58. The predicted molar refractivity (Wildman–Crippen MR) is 75.6 cm³/mol. The molecule has 0 bridgehead atoms. The number of rotatable bonds is 11. The van der Waals surface area contributed by atoms with E-state index in [-0.39, 0.29) is 5.97 Å². The predicted octanol–water partition coefficient (Wildman–Crippen LogP) is 2.84. The van der Waals surface area contributed by atoms with Crippen LogP contribution in [0.3, 0.4) is 0 Å². The number of methoxy groups -OCH3 is 1. The highest BCUT2D eigenvalue weighted by molar-refractivity contribution is 7.99. The van der Waals surface area contributed by atoms with E-state index < -0.39 is 0 Å². The summed E-state index contributed by atoms with van der Waals surface area (Å²) in [5.74, 6) is 1.93. The molecule has 0 rings (SSSR count). The van der Waals surface area contributed by atoms with Crippen molar-refractivity contribution in [2.45, 2.75) is 52.0 Å². The van der Waals surface area contributed by atoms with E-state index in [0.29, 0.717) is 12.5 Å². The SMILES string of the molecule is CCCNC(C)CCCCSCCC(=O)OC. The van der Waals surface area contributed by atoms with Crippen LogP contribution in [0, 0.1) is 0 Å². The van der Waals surface area contributed by atoms with Gasteiger partial charge in [-0.3, -0.25) is 4.79 Å². The van der Waals surface area contributed by atoms with Crippen molar-refractivity contribution in [2.24, 2.45) is 0 Å². The van der Waals surface area contributed by atoms with Gasteiger partial charge in [0.15, 0.2) is 0 Å². The Balaban J connectivity index is 3.15. The maximum Gasteiger partial charge on any atom is 0.306 e. The first-order chi connectivity index (χ1) is 8.20. The van der Waals surface area contributed by atoms with Crippen LogP contribution < -0.4 is 5.32 Å². The summed E-state index contributed by atoms with van der Waals surface area (Å²) in [5, 5.41) is 3.49. The molecule has 0 fully saturated rings. The molecule has 0 aromatic carbocycles. The molecule has 0 saturated heterocycles. The lowest BCUT2D eigenvalue weighted by atomic mass is 10.1. The Morgan fingerprint density at radius 3 is 2.76 bits per heavy atom. The lowest BCUT2D eigenvalue weighted by molar-refractivity contribution is -0.140. The molecule has 0 spiro atoms. The van der Waals surface area contributed by atoms with Crippen molar-refractivity contribution < 1.29 is 9.53 Å². The second-order valence-corrected chi connectivity index (χ2v) is 5.51. The van der Waals surface area contributed by atoms with E-state index in [1.54, 1.807) is 0 Å². The summed E-state index contributed by atoms with van der Waals surface area (Å²) in [6.07, 6.45) is 5.49. The van der Waals surface area contributed by atoms with Crippen LogP contribution in [0.5, 0.6) is 0 Å². The molecule has 3 nitrogen and oxygen atoms in total. The largest absolute Gasteiger partial charge is 0.469 e. The lowest BCUT2D eigenvalue weighted by Crippen LogP contribution is -2.26. The summed E-state index contributed by atoms with van der Waals surface area (Å²) < 4.78 is 4.59. The van der Waals surface area contributed by atoms with E-state index in [0.717, 1.165) is 18.1 Å². The quantitative estimate of drug-likeness (QED) is 0.458. The molecule has 102 valence electrons. The van der Waals surface area contributed by atoms with Crippen LogP contribution in [0.2, 0.25) is 0 Å². The van der Waals surface area contributed by atoms with Crippen LogP contribution in [0.25, 0.3) is 0 Å². The topological polar surface area (TPSA) is 38.3 Å². The molecular formula is C13H27NO2S. The maximum atomic E-state index is 10.8. The van der Waals surface area contributed by atoms with Crippen molar-refractivity contribution in [2.75, 3.05) is 25.2 Å². The lowest BCUT2D eigenvalue weighted by Gasteiger charge is -2.12. The summed E-state index contributed by atoms with van der Waals surface area (Å²) in [7, 11) is 1.44.